The number of amides is 1. The predicted octanol–water partition coefficient (Wildman–Crippen LogP) is 3.35. The van der Waals surface area contributed by atoms with E-state index in [1.807, 2.05) is 6.07 Å². The number of aryl methyl sites for hydroxylation is 1. The molecule has 0 aliphatic heterocycles. The number of carbonyl (C=O) groups is 1. The third-order valence-corrected chi connectivity index (χ3v) is 3.25. The number of hydrogen-bond donors (Lipinski definition) is 2. The van der Waals surface area contributed by atoms with Gasteiger partial charge in [0.05, 0.1) is 11.6 Å². The molecule has 0 bridgehead atoms. The molecular formula is C16H16F2N2O. The average Bonchev–Trinajstić information content (AvgIpc) is 2.42. The van der Waals surface area contributed by atoms with Crippen LogP contribution in [0.1, 0.15) is 34.5 Å². The lowest BCUT2D eigenvalue weighted by atomic mass is 10.1. The largest absolute Gasteiger partial charge is 0.399 e. The summed E-state index contributed by atoms with van der Waals surface area (Å²) in [4.78, 5) is 12.1. The highest BCUT2D eigenvalue weighted by Gasteiger charge is 2.17. The van der Waals surface area contributed by atoms with Crippen LogP contribution in [0.4, 0.5) is 14.5 Å². The highest BCUT2D eigenvalue weighted by Crippen LogP contribution is 2.18. The summed E-state index contributed by atoms with van der Waals surface area (Å²) in [5, 5.41) is 2.67. The molecule has 5 heteroatoms. The van der Waals surface area contributed by atoms with Gasteiger partial charge in [-0.1, -0.05) is 12.1 Å². The second kappa shape index (κ2) is 5.91. The Bertz CT molecular complexity index is 686. The molecule has 0 radical (unpaired) electrons. The minimum Gasteiger partial charge on any atom is -0.399 e. The van der Waals surface area contributed by atoms with Crippen LogP contribution >= 0.6 is 0 Å². The Morgan fingerprint density at radius 1 is 1.19 bits per heavy atom. The van der Waals surface area contributed by atoms with Crippen molar-refractivity contribution in [1.29, 1.82) is 0 Å². The number of hydrogen-bond acceptors (Lipinski definition) is 2. The lowest BCUT2D eigenvalue weighted by Crippen LogP contribution is -2.27. The number of anilines is 1. The number of carbonyl (C=O) groups excluding carboxylic acids is 1. The molecule has 1 atom stereocenters. The van der Waals surface area contributed by atoms with Crippen molar-refractivity contribution >= 4 is 11.6 Å². The van der Waals surface area contributed by atoms with Crippen molar-refractivity contribution in [2.45, 2.75) is 19.9 Å². The van der Waals surface area contributed by atoms with E-state index in [2.05, 4.69) is 5.32 Å². The molecule has 0 aromatic heterocycles. The highest BCUT2D eigenvalue weighted by molar-refractivity contribution is 5.94. The Labute approximate surface area is 121 Å². The van der Waals surface area contributed by atoms with Gasteiger partial charge in [-0.25, -0.2) is 8.78 Å². The molecule has 0 fully saturated rings. The first-order valence-electron chi connectivity index (χ1n) is 6.50. The molecule has 3 N–H and O–H groups in total. The van der Waals surface area contributed by atoms with Crippen molar-refractivity contribution in [3.05, 3.63) is 64.7 Å². The van der Waals surface area contributed by atoms with Crippen LogP contribution in [0.25, 0.3) is 0 Å². The smallest absolute Gasteiger partial charge is 0.254 e. The number of benzene rings is 2. The van der Waals surface area contributed by atoms with Gasteiger partial charge < -0.3 is 11.1 Å². The number of rotatable bonds is 3. The Balaban J connectivity index is 2.20. The summed E-state index contributed by atoms with van der Waals surface area (Å²) in [6.45, 7) is 3.24. The van der Waals surface area contributed by atoms with Crippen LogP contribution in [0, 0.1) is 18.6 Å². The fourth-order valence-electron chi connectivity index (χ4n) is 2.02. The van der Waals surface area contributed by atoms with E-state index in [0.717, 1.165) is 11.6 Å². The van der Waals surface area contributed by atoms with Crippen molar-refractivity contribution in [2.75, 3.05) is 5.73 Å². The molecule has 1 unspecified atom stereocenters. The van der Waals surface area contributed by atoms with Gasteiger partial charge in [0.25, 0.3) is 5.91 Å². The van der Waals surface area contributed by atoms with Crippen LogP contribution < -0.4 is 11.1 Å². The molecule has 2 aromatic rings. The maximum Gasteiger partial charge on any atom is 0.254 e. The van der Waals surface area contributed by atoms with Gasteiger partial charge in [0.2, 0.25) is 0 Å². The van der Waals surface area contributed by atoms with E-state index in [-0.39, 0.29) is 17.2 Å². The van der Waals surface area contributed by atoms with Gasteiger partial charge in [0.1, 0.15) is 11.6 Å². The SMILES string of the molecule is Cc1cc(C(=O)NC(C)c2cccc(N)c2)c(F)cc1F. The molecule has 0 aliphatic rings. The Morgan fingerprint density at radius 2 is 1.90 bits per heavy atom. The topological polar surface area (TPSA) is 55.1 Å². The quantitative estimate of drug-likeness (QED) is 0.852. The second-order valence-corrected chi connectivity index (χ2v) is 4.95. The lowest BCUT2D eigenvalue weighted by Gasteiger charge is -2.15. The zero-order valence-electron chi connectivity index (χ0n) is 11.8. The first-order chi connectivity index (χ1) is 9.88. The second-order valence-electron chi connectivity index (χ2n) is 4.95. The molecule has 2 rings (SSSR count). The van der Waals surface area contributed by atoms with Gasteiger partial charge in [0.15, 0.2) is 0 Å². The molecule has 0 heterocycles. The predicted molar refractivity (Wildman–Crippen MR) is 77.8 cm³/mol. The molecule has 3 nitrogen and oxygen atoms in total. The van der Waals surface area contributed by atoms with Gasteiger partial charge in [-0.05, 0) is 43.2 Å². The molecule has 0 aliphatic carbocycles. The van der Waals surface area contributed by atoms with Crippen LogP contribution in [0.2, 0.25) is 0 Å². The standard InChI is InChI=1S/C16H16F2N2O/c1-9-6-13(15(18)8-14(9)17)16(21)20-10(2)11-4-3-5-12(19)7-11/h3-8,10H,19H2,1-2H3,(H,20,21). The summed E-state index contributed by atoms with van der Waals surface area (Å²) < 4.78 is 26.9. The van der Waals surface area contributed by atoms with Crippen molar-refractivity contribution in [1.82, 2.24) is 5.32 Å². The van der Waals surface area contributed by atoms with Crippen molar-refractivity contribution < 1.29 is 13.6 Å². The van der Waals surface area contributed by atoms with E-state index in [1.165, 1.54) is 13.0 Å². The summed E-state index contributed by atoms with van der Waals surface area (Å²) in [7, 11) is 0. The van der Waals surface area contributed by atoms with E-state index in [1.54, 1.807) is 25.1 Å². The van der Waals surface area contributed by atoms with E-state index >= 15 is 0 Å². The summed E-state index contributed by atoms with van der Waals surface area (Å²) in [5.74, 6) is -2.14. The number of nitrogen functional groups attached to an aromatic ring is 1. The summed E-state index contributed by atoms with van der Waals surface area (Å²) in [5.41, 5.74) is 7.12. The van der Waals surface area contributed by atoms with Crippen LogP contribution in [0.5, 0.6) is 0 Å². The van der Waals surface area contributed by atoms with Crippen molar-refractivity contribution in [3.8, 4) is 0 Å². The zero-order valence-corrected chi connectivity index (χ0v) is 11.8. The molecule has 0 saturated carbocycles. The zero-order chi connectivity index (χ0) is 15.6. The van der Waals surface area contributed by atoms with Crippen LogP contribution in [-0.4, -0.2) is 5.91 Å². The fourth-order valence-corrected chi connectivity index (χ4v) is 2.02. The highest BCUT2D eigenvalue weighted by atomic mass is 19.1. The fraction of sp³-hybridized carbons (Fsp3) is 0.188. The Hall–Kier alpha value is -2.43. The van der Waals surface area contributed by atoms with E-state index in [4.69, 9.17) is 5.73 Å². The Morgan fingerprint density at radius 3 is 2.57 bits per heavy atom. The summed E-state index contributed by atoms with van der Waals surface area (Å²) in [6.07, 6.45) is 0. The van der Waals surface area contributed by atoms with E-state index < -0.39 is 17.5 Å². The summed E-state index contributed by atoms with van der Waals surface area (Å²) >= 11 is 0. The molecule has 0 spiro atoms. The molecule has 110 valence electrons. The molecular weight excluding hydrogens is 274 g/mol. The minimum absolute atomic E-state index is 0.176. The van der Waals surface area contributed by atoms with Gasteiger partial charge in [-0.15, -0.1) is 0 Å². The van der Waals surface area contributed by atoms with Gasteiger partial charge >= 0.3 is 0 Å². The lowest BCUT2D eigenvalue weighted by molar-refractivity contribution is 0.0935. The maximum absolute atomic E-state index is 13.7. The third kappa shape index (κ3) is 3.37. The van der Waals surface area contributed by atoms with Crippen LogP contribution in [0.15, 0.2) is 36.4 Å². The molecule has 0 saturated heterocycles. The first-order valence-corrected chi connectivity index (χ1v) is 6.50. The first kappa shape index (κ1) is 15.0. The molecule has 1 amide bonds. The average molecular weight is 290 g/mol. The van der Waals surface area contributed by atoms with Crippen LogP contribution in [-0.2, 0) is 0 Å². The maximum atomic E-state index is 13.7. The normalized spacial score (nSPS) is 12.0. The van der Waals surface area contributed by atoms with Gasteiger partial charge in [-0.2, -0.15) is 0 Å². The molecule has 21 heavy (non-hydrogen) atoms. The van der Waals surface area contributed by atoms with E-state index in [9.17, 15) is 13.6 Å². The van der Waals surface area contributed by atoms with E-state index in [0.29, 0.717) is 5.69 Å². The number of nitrogens with one attached hydrogen (secondary N) is 1. The summed E-state index contributed by atoms with van der Waals surface area (Å²) in [6, 6.07) is 8.63. The number of halogens is 2. The van der Waals surface area contributed by atoms with Crippen LogP contribution in [0.3, 0.4) is 0 Å². The monoisotopic (exact) mass is 290 g/mol. The number of nitrogens with two attached hydrogens (primary N) is 1. The third-order valence-electron chi connectivity index (χ3n) is 3.25. The Kier molecular flexibility index (Phi) is 4.21. The van der Waals surface area contributed by atoms with Crippen molar-refractivity contribution in [2.24, 2.45) is 0 Å². The molecule has 2 aromatic carbocycles. The van der Waals surface area contributed by atoms with Crippen molar-refractivity contribution in [3.63, 3.8) is 0 Å². The van der Waals surface area contributed by atoms with Gasteiger partial charge in [0, 0.05) is 11.8 Å². The van der Waals surface area contributed by atoms with Gasteiger partial charge in [-0.3, -0.25) is 4.79 Å². The minimum atomic E-state index is -0.879.